The zero-order chi connectivity index (χ0) is 23.2. The molecule has 0 radical (unpaired) electrons. The summed E-state index contributed by atoms with van der Waals surface area (Å²) in [5.74, 6) is -1.09. The molecule has 0 N–H and O–H groups in total. The molecule has 0 unspecified atom stereocenters. The monoisotopic (exact) mass is 461 g/mol. The van der Waals surface area contributed by atoms with Gasteiger partial charge in [-0.1, -0.05) is 11.6 Å². The Morgan fingerprint density at radius 1 is 1.19 bits per heavy atom. The Kier molecular flexibility index (Phi) is 5.74. The Morgan fingerprint density at radius 2 is 1.84 bits per heavy atom. The summed E-state index contributed by atoms with van der Waals surface area (Å²) in [4.78, 5) is 38.2. The van der Waals surface area contributed by atoms with E-state index in [1.807, 2.05) is 0 Å². The first-order valence-electron chi connectivity index (χ1n) is 8.84. The third-order valence-corrected chi connectivity index (χ3v) is 4.93. The minimum absolute atomic E-state index is 0.0598. The van der Waals surface area contributed by atoms with Crippen LogP contribution in [0.2, 0.25) is 5.02 Å². The largest absolute Gasteiger partial charge is 0.459 e. The predicted octanol–water partition coefficient (Wildman–Crippen LogP) is 3.11. The van der Waals surface area contributed by atoms with E-state index in [1.54, 1.807) is 14.1 Å². The van der Waals surface area contributed by atoms with E-state index in [-0.39, 0.29) is 55.7 Å². The summed E-state index contributed by atoms with van der Waals surface area (Å²) in [6.45, 7) is 0. The second-order valence-corrected chi connectivity index (χ2v) is 7.38. The fourth-order valence-corrected chi connectivity index (χ4v) is 3.31. The van der Waals surface area contributed by atoms with Gasteiger partial charge < -0.3 is 9.32 Å². The molecule has 0 fully saturated rings. The number of hydrogen-bond donors (Lipinski definition) is 0. The SMILES string of the molecule is CN(C)C(=O)CCc1cc2c(-n3c(=O)cc(C(F)(F)F)n(C)c3=O)c(F)cc(Cl)c2o1. The van der Waals surface area contributed by atoms with Crippen LogP contribution in [0.3, 0.4) is 0 Å². The highest BCUT2D eigenvalue weighted by atomic mass is 35.5. The molecule has 3 rings (SSSR count). The number of alkyl halides is 3. The number of amides is 1. The number of halogens is 5. The minimum atomic E-state index is -4.96. The number of aryl methyl sites for hydroxylation is 1. The first kappa shape index (κ1) is 22.6. The van der Waals surface area contributed by atoms with Gasteiger partial charge in [-0.15, -0.1) is 0 Å². The van der Waals surface area contributed by atoms with E-state index < -0.39 is 34.6 Å². The molecule has 2 heterocycles. The highest BCUT2D eigenvalue weighted by Gasteiger charge is 2.35. The molecule has 12 heteroatoms. The van der Waals surface area contributed by atoms with Gasteiger partial charge in [0.1, 0.15) is 23.0 Å². The number of aromatic nitrogens is 2. The summed E-state index contributed by atoms with van der Waals surface area (Å²) in [7, 11) is 3.95. The van der Waals surface area contributed by atoms with Gasteiger partial charge in [0.25, 0.3) is 5.56 Å². The van der Waals surface area contributed by atoms with Gasteiger partial charge in [0, 0.05) is 45.4 Å². The van der Waals surface area contributed by atoms with Crippen LogP contribution in [0.1, 0.15) is 17.9 Å². The van der Waals surface area contributed by atoms with Crippen LogP contribution in [0.4, 0.5) is 17.6 Å². The number of rotatable bonds is 4. The summed E-state index contributed by atoms with van der Waals surface area (Å²) < 4.78 is 60.1. The standard InChI is InChI=1S/C19H16ClF4N3O4/c1-25(2)14(28)5-4-9-6-10-16(12(21)7-11(20)17(10)31-9)27-15(29)8-13(19(22,23)24)26(3)18(27)30/h6-8H,4-5H2,1-3H3. The Bertz CT molecular complexity index is 1300. The van der Waals surface area contributed by atoms with Gasteiger partial charge in [0.05, 0.1) is 5.02 Å². The van der Waals surface area contributed by atoms with Crippen LogP contribution in [0.5, 0.6) is 0 Å². The molecular formula is C19H16ClF4N3O4. The summed E-state index contributed by atoms with van der Waals surface area (Å²) in [5, 5.41) is -0.255. The second-order valence-electron chi connectivity index (χ2n) is 6.98. The highest BCUT2D eigenvalue weighted by Crippen LogP contribution is 2.34. The summed E-state index contributed by atoms with van der Waals surface area (Å²) in [5.41, 5.74) is -4.90. The minimum Gasteiger partial charge on any atom is -0.459 e. The number of carbonyl (C=O) groups is 1. The van der Waals surface area contributed by atoms with E-state index in [0.717, 1.165) is 13.1 Å². The molecule has 3 aromatic rings. The maximum Gasteiger partial charge on any atom is 0.431 e. The van der Waals surface area contributed by atoms with Crippen LogP contribution in [0, 0.1) is 5.82 Å². The molecule has 1 amide bonds. The van der Waals surface area contributed by atoms with Gasteiger partial charge in [-0.25, -0.2) is 13.8 Å². The van der Waals surface area contributed by atoms with Crippen molar-refractivity contribution >= 4 is 28.5 Å². The molecule has 1 aromatic carbocycles. The highest BCUT2D eigenvalue weighted by molar-refractivity contribution is 6.35. The lowest BCUT2D eigenvalue weighted by Gasteiger charge is -2.14. The van der Waals surface area contributed by atoms with Gasteiger partial charge in [0.15, 0.2) is 5.58 Å². The molecule has 0 spiro atoms. The maximum absolute atomic E-state index is 14.8. The lowest BCUT2D eigenvalue weighted by molar-refractivity contribution is -0.144. The third-order valence-electron chi connectivity index (χ3n) is 4.65. The number of carbonyl (C=O) groups excluding carboxylic acids is 1. The first-order valence-corrected chi connectivity index (χ1v) is 9.22. The van der Waals surface area contributed by atoms with Crippen LogP contribution in [-0.4, -0.2) is 34.0 Å². The van der Waals surface area contributed by atoms with E-state index in [1.165, 1.54) is 11.0 Å². The lowest BCUT2D eigenvalue weighted by atomic mass is 10.1. The van der Waals surface area contributed by atoms with Crippen molar-refractivity contribution in [2.75, 3.05) is 14.1 Å². The zero-order valence-electron chi connectivity index (χ0n) is 16.5. The van der Waals surface area contributed by atoms with Crippen LogP contribution >= 0.6 is 11.6 Å². The molecule has 0 bridgehead atoms. The molecule has 7 nitrogen and oxygen atoms in total. The van der Waals surface area contributed by atoms with E-state index in [4.69, 9.17) is 16.0 Å². The van der Waals surface area contributed by atoms with E-state index in [0.29, 0.717) is 0 Å². The fourth-order valence-electron chi connectivity index (χ4n) is 3.08. The van der Waals surface area contributed by atoms with Crippen molar-refractivity contribution in [3.8, 4) is 5.69 Å². The maximum atomic E-state index is 14.8. The summed E-state index contributed by atoms with van der Waals surface area (Å²) in [6, 6.07) is 2.30. The Labute approximate surface area is 177 Å². The normalized spacial score (nSPS) is 11.9. The average molecular weight is 462 g/mol. The molecule has 2 aromatic heterocycles. The van der Waals surface area contributed by atoms with Crippen LogP contribution in [0.25, 0.3) is 16.7 Å². The molecule has 0 saturated carbocycles. The zero-order valence-corrected chi connectivity index (χ0v) is 17.3. The molecule has 0 aliphatic rings. The van der Waals surface area contributed by atoms with Crippen molar-refractivity contribution in [1.29, 1.82) is 0 Å². The van der Waals surface area contributed by atoms with Crippen LogP contribution < -0.4 is 11.2 Å². The van der Waals surface area contributed by atoms with Gasteiger partial charge in [0.2, 0.25) is 5.91 Å². The number of fused-ring (bicyclic) bond motifs is 1. The Morgan fingerprint density at radius 3 is 2.42 bits per heavy atom. The van der Waals surface area contributed by atoms with Gasteiger partial charge >= 0.3 is 11.9 Å². The van der Waals surface area contributed by atoms with Crippen molar-refractivity contribution in [3.63, 3.8) is 0 Å². The molecule has 0 atom stereocenters. The van der Waals surface area contributed by atoms with Crippen molar-refractivity contribution in [2.24, 2.45) is 7.05 Å². The molecule has 31 heavy (non-hydrogen) atoms. The lowest BCUT2D eigenvalue weighted by Crippen LogP contribution is -2.41. The van der Waals surface area contributed by atoms with Gasteiger partial charge in [-0.05, 0) is 12.1 Å². The van der Waals surface area contributed by atoms with Crippen LogP contribution in [-0.2, 0) is 24.4 Å². The van der Waals surface area contributed by atoms with Gasteiger partial charge in [-0.2, -0.15) is 13.2 Å². The Balaban J connectivity index is 2.24. The fraction of sp³-hybridized carbons (Fsp3) is 0.316. The number of benzene rings is 1. The number of nitrogens with zero attached hydrogens (tertiary/aromatic N) is 3. The van der Waals surface area contributed by atoms with E-state index in [2.05, 4.69) is 0 Å². The average Bonchev–Trinajstić information content (AvgIpc) is 3.08. The van der Waals surface area contributed by atoms with E-state index in [9.17, 15) is 31.9 Å². The molecule has 0 aliphatic carbocycles. The van der Waals surface area contributed by atoms with Crippen LogP contribution in [0.15, 0.2) is 32.2 Å². The molecule has 0 saturated heterocycles. The topological polar surface area (TPSA) is 77.5 Å². The van der Waals surface area contributed by atoms with Crippen molar-refractivity contribution < 1.29 is 26.8 Å². The second kappa shape index (κ2) is 7.88. The summed E-state index contributed by atoms with van der Waals surface area (Å²) >= 11 is 6.02. The van der Waals surface area contributed by atoms with Crippen molar-refractivity contribution in [3.05, 3.63) is 61.3 Å². The number of furan rings is 1. The summed E-state index contributed by atoms with van der Waals surface area (Å²) in [6.07, 6.45) is -4.78. The van der Waals surface area contributed by atoms with Crippen molar-refractivity contribution in [2.45, 2.75) is 19.0 Å². The number of hydrogen-bond acceptors (Lipinski definition) is 4. The quantitative estimate of drug-likeness (QED) is 0.559. The third kappa shape index (κ3) is 4.09. The molecule has 166 valence electrons. The Hall–Kier alpha value is -3.08. The molecule has 0 aliphatic heterocycles. The smallest absolute Gasteiger partial charge is 0.431 e. The molecular weight excluding hydrogens is 446 g/mol. The predicted molar refractivity (Wildman–Crippen MR) is 104 cm³/mol. The van der Waals surface area contributed by atoms with Crippen molar-refractivity contribution in [1.82, 2.24) is 14.0 Å². The first-order chi connectivity index (χ1) is 14.3. The van der Waals surface area contributed by atoms with Gasteiger partial charge in [-0.3, -0.25) is 14.2 Å². The van der Waals surface area contributed by atoms with E-state index >= 15 is 0 Å².